The molecule has 2 aliphatic rings. The maximum absolute atomic E-state index is 11.9. The van der Waals surface area contributed by atoms with E-state index in [0.29, 0.717) is 36.5 Å². The molecule has 12 nitrogen and oxygen atoms in total. The van der Waals surface area contributed by atoms with Crippen LogP contribution in [0.3, 0.4) is 0 Å². The van der Waals surface area contributed by atoms with Crippen LogP contribution in [0.4, 0.5) is 11.8 Å². The summed E-state index contributed by atoms with van der Waals surface area (Å²) in [4.78, 5) is 25.8. The SMILES string of the molecule is O=C1CCN(c2nc(NCC(c3ccccc3)c3ccccc3)c3ncn([C@@H]4O[C@H](CO)[C@@H](O)[C@H]4O)c3n2)N1. The molecule has 4 aromatic rings. The number of imidazole rings is 1. The van der Waals surface area contributed by atoms with Gasteiger partial charge in [0, 0.05) is 18.9 Å². The number of rotatable bonds is 8. The van der Waals surface area contributed by atoms with Crippen LogP contribution >= 0.6 is 0 Å². The second-order valence-corrected chi connectivity index (χ2v) is 9.62. The van der Waals surface area contributed by atoms with Crippen LogP contribution in [0.2, 0.25) is 0 Å². The van der Waals surface area contributed by atoms with Crippen molar-refractivity contribution in [3.63, 3.8) is 0 Å². The zero-order chi connectivity index (χ0) is 26.9. The van der Waals surface area contributed by atoms with Gasteiger partial charge in [0.1, 0.15) is 18.3 Å². The summed E-state index contributed by atoms with van der Waals surface area (Å²) in [6.07, 6.45) is -2.78. The minimum atomic E-state index is -1.30. The van der Waals surface area contributed by atoms with E-state index in [1.807, 2.05) is 36.4 Å². The van der Waals surface area contributed by atoms with Crippen molar-refractivity contribution in [2.24, 2.45) is 0 Å². The number of carbonyl (C=O) groups excluding carboxylic acids is 1. The van der Waals surface area contributed by atoms with Crippen LogP contribution in [0.25, 0.3) is 11.2 Å². The summed E-state index contributed by atoms with van der Waals surface area (Å²) in [5.41, 5.74) is 5.78. The summed E-state index contributed by atoms with van der Waals surface area (Å²) in [6.45, 7) is 0.434. The first-order chi connectivity index (χ1) is 19.0. The normalized spacial score (nSPS) is 23.1. The standard InChI is InChI=1S/C27H29N7O5/c35-14-19-22(37)23(38)26(39-19)33-15-29-21-24(30-27(31-25(21)33)34-12-11-20(36)32-34)28-13-18(16-7-3-1-4-8-16)17-9-5-2-6-10-17/h1-10,15,18-19,22-23,26,35,37-38H,11-14H2,(H,32,36)(H,28,30,31)/t19-,22-,23-,26-/m1/s1. The summed E-state index contributed by atoms with van der Waals surface area (Å²) in [5, 5.41) is 35.5. The van der Waals surface area contributed by atoms with Gasteiger partial charge >= 0.3 is 0 Å². The minimum absolute atomic E-state index is 0.00916. The fraction of sp³-hybridized carbons (Fsp3) is 0.333. The second kappa shape index (κ2) is 10.6. The van der Waals surface area contributed by atoms with Crippen LogP contribution in [0, 0.1) is 0 Å². The van der Waals surface area contributed by atoms with Crippen molar-refractivity contribution < 1.29 is 24.9 Å². The first-order valence-electron chi connectivity index (χ1n) is 12.8. The molecular weight excluding hydrogens is 502 g/mol. The smallest absolute Gasteiger partial charge is 0.248 e. The van der Waals surface area contributed by atoms with E-state index in [1.165, 1.54) is 10.9 Å². The number of amides is 1. The molecule has 0 spiro atoms. The lowest BCUT2D eigenvalue weighted by Gasteiger charge is -2.21. The van der Waals surface area contributed by atoms with E-state index in [4.69, 9.17) is 9.72 Å². The molecule has 4 heterocycles. The molecule has 4 atom stereocenters. The van der Waals surface area contributed by atoms with Crippen LogP contribution in [0.5, 0.6) is 0 Å². The van der Waals surface area contributed by atoms with Crippen molar-refractivity contribution in [1.29, 1.82) is 0 Å². The number of hydrazine groups is 1. The van der Waals surface area contributed by atoms with Crippen LogP contribution in [0.1, 0.15) is 29.7 Å². The number of nitrogens with one attached hydrogen (secondary N) is 2. The topological polar surface area (TPSA) is 158 Å². The first kappa shape index (κ1) is 25.2. The molecule has 1 amide bonds. The Morgan fingerprint density at radius 3 is 2.31 bits per heavy atom. The number of nitrogens with zero attached hydrogens (tertiary/aromatic N) is 5. The molecule has 0 radical (unpaired) electrons. The molecule has 0 saturated carbocycles. The Morgan fingerprint density at radius 1 is 1.03 bits per heavy atom. The van der Waals surface area contributed by atoms with Gasteiger partial charge in [-0.2, -0.15) is 9.97 Å². The number of hydrogen-bond acceptors (Lipinski definition) is 10. The predicted octanol–water partition coefficient (Wildman–Crippen LogP) is 0.923. The second-order valence-electron chi connectivity index (χ2n) is 9.62. The van der Waals surface area contributed by atoms with Crippen molar-refractivity contribution in [3.8, 4) is 0 Å². The predicted molar refractivity (Wildman–Crippen MR) is 142 cm³/mol. The molecular formula is C27H29N7O5. The molecule has 0 unspecified atom stereocenters. The number of fused-ring (bicyclic) bond motifs is 1. The molecule has 2 saturated heterocycles. The lowest BCUT2D eigenvalue weighted by molar-refractivity contribution is -0.119. The molecule has 12 heteroatoms. The molecule has 6 rings (SSSR count). The maximum atomic E-state index is 11.9. The third-order valence-corrected chi connectivity index (χ3v) is 7.14. The molecule has 39 heavy (non-hydrogen) atoms. The molecule has 202 valence electrons. The van der Waals surface area contributed by atoms with Gasteiger partial charge in [-0.3, -0.25) is 19.8 Å². The van der Waals surface area contributed by atoms with E-state index in [9.17, 15) is 20.1 Å². The van der Waals surface area contributed by atoms with Crippen molar-refractivity contribution in [1.82, 2.24) is 24.9 Å². The number of aliphatic hydroxyl groups excluding tert-OH is 3. The first-order valence-corrected chi connectivity index (χ1v) is 12.8. The van der Waals surface area contributed by atoms with Gasteiger partial charge in [0.2, 0.25) is 11.9 Å². The van der Waals surface area contributed by atoms with Crippen LogP contribution < -0.4 is 15.8 Å². The van der Waals surface area contributed by atoms with E-state index in [-0.39, 0.29) is 17.8 Å². The van der Waals surface area contributed by atoms with Gasteiger partial charge in [-0.15, -0.1) is 0 Å². The summed E-state index contributed by atoms with van der Waals surface area (Å²) in [7, 11) is 0. The lowest BCUT2D eigenvalue weighted by Crippen LogP contribution is -2.35. The summed E-state index contributed by atoms with van der Waals surface area (Å²) >= 11 is 0. The number of aliphatic hydroxyl groups is 3. The highest BCUT2D eigenvalue weighted by molar-refractivity contribution is 5.86. The van der Waals surface area contributed by atoms with Gasteiger partial charge in [0.15, 0.2) is 23.2 Å². The van der Waals surface area contributed by atoms with Crippen molar-refractivity contribution in [3.05, 3.63) is 78.1 Å². The van der Waals surface area contributed by atoms with Gasteiger partial charge in [-0.05, 0) is 11.1 Å². The van der Waals surface area contributed by atoms with Gasteiger partial charge in [0.25, 0.3) is 0 Å². The quantitative estimate of drug-likeness (QED) is 0.221. The monoisotopic (exact) mass is 531 g/mol. The van der Waals surface area contributed by atoms with Gasteiger partial charge in [0.05, 0.1) is 19.5 Å². The molecule has 5 N–H and O–H groups in total. The fourth-order valence-electron chi connectivity index (χ4n) is 5.07. The number of benzene rings is 2. The Kier molecular flexibility index (Phi) is 6.83. The molecule has 2 aromatic heterocycles. The number of carbonyl (C=O) groups is 1. The average molecular weight is 532 g/mol. The van der Waals surface area contributed by atoms with E-state index in [2.05, 4.69) is 45.0 Å². The largest absolute Gasteiger partial charge is 0.394 e. The van der Waals surface area contributed by atoms with E-state index in [1.54, 1.807) is 5.01 Å². The fourth-order valence-corrected chi connectivity index (χ4v) is 5.07. The van der Waals surface area contributed by atoms with Gasteiger partial charge in [-0.1, -0.05) is 60.7 Å². The molecule has 2 aromatic carbocycles. The Bertz CT molecular complexity index is 1410. The number of ether oxygens (including phenoxy) is 1. The van der Waals surface area contributed by atoms with Gasteiger partial charge in [-0.25, -0.2) is 4.98 Å². The highest BCUT2D eigenvalue weighted by Crippen LogP contribution is 2.34. The van der Waals surface area contributed by atoms with Crippen LogP contribution in [0.15, 0.2) is 67.0 Å². The Hall–Kier alpha value is -4.10. The van der Waals surface area contributed by atoms with Crippen LogP contribution in [-0.2, 0) is 9.53 Å². The van der Waals surface area contributed by atoms with E-state index < -0.39 is 31.1 Å². The average Bonchev–Trinajstić information content (AvgIpc) is 3.67. The Morgan fingerprint density at radius 2 is 1.72 bits per heavy atom. The van der Waals surface area contributed by atoms with Crippen molar-refractivity contribution >= 4 is 28.8 Å². The summed E-state index contributed by atoms with van der Waals surface area (Å²) < 4.78 is 7.25. The van der Waals surface area contributed by atoms with Crippen molar-refractivity contribution in [2.45, 2.75) is 36.9 Å². The maximum Gasteiger partial charge on any atom is 0.248 e. The number of anilines is 2. The summed E-state index contributed by atoms with van der Waals surface area (Å²) in [5.74, 6) is 0.562. The highest BCUT2D eigenvalue weighted by Gasteiger charge is 2.44. The minimum Gasteiger partial charge on any atom is -0.394 e. The zero-order valence-corrected chi connectivity index (χ0v) is 21.0. The van der Waals surface area contributed by atoms with E-state index in [0.717, 1.165) is 11.1 Å². The van der Waals surface area contributed by atoms with Crippen molar-refractivity contribution in [2.75, 3.05) is 30.0 Å². The van der Waals surface area contributed by atoms with Crippen LogP contribution in [-0.4, -0.2) is 78.8 Å². The lowest BCUT2D eigenvalue weighted by atomic mass is 9.91. The number of hydrogen-bond donors (Lipinski definition) is 5. The zero-order valence-electron chi connectivity index (χ0n) is 21.0. The molecule has 0 bridgehead atoms. The highest BCUT2D eigenvalue weighted by atomic mass is 16.6. The Labute approximate surface area is 223 Å². The summed E-state index contributed by atoms with van der Waals surface area (Å²) in [6, 6.07) is 20.3. The third kappa shape index (κ3) is 4.79. The molecule has 0 aliphatic carbocycles. The molecule has 2 aliphatic heterocycles. The molecule has 2 fully saturated rings. The Balaban J connectivity index is 1.39. The van der Waals surface area contributed by atoms with Gasteiger partial charge < -0.3 is 25.4 Å². The third-order valence-electron chi connectivity index (χ3n) is 7.14. The number of aromatic nitrogens is 4. The van der Waals surface area contributed by atoms with E-state index >= 15 is 0 Å².